The summed E-state index contributed by atoms with van der Waals surface area (Å²) in [6.07, 6.45) is 7.40. The second-order valence-electron chi connectivity index (χ2n) is 4.37. The van der Waals surface area contributed by atoms with Crippen LogP contribution in [0.2, 0.25) is 0 Å². The van der Waals surface area contributed by atoms with Crippen LogP contribution in [-0.2, 0) is 14.9 Å². The van der Waals surface area contributed by atoms with Gasteiger partial charge in [0.2, 0.25) is 0 Å². The number of hydrogen-bond donors (Lipinski definition) is 1. The van der Waals surface area contributed by atoms with Gasteiger partial charge in [-0.05, 0) is 19.3 Å². The minimum atomic E-state index is -4.06. The Hall–Kier alpha value is -0.130. The molecule has 0 saturated carbocycles. The van der Waals surface area contributed by atoms with Gasteiger partial charge in [-0.2, -0.15) is 8.42 Å². The first kappa shape index (κ1) is 16.9. The van der Waals surface area contributed by atoms with E-state index in [9.17, 15) is 8.42 Å². The highest BCUT2D eigenvalue weighted by Gasteiger charge is 2.22. The molecule has 104 valence electrons. The maximum atomic E-state index is 11.1. The van der Waals surface area contributed by atoms with Gasteiger partial charge in [0.25, 0.3) is 10.1 Å². The molecule has 0 radical (unpaired) electrons. The summed E-state index contributed by atoms with van der Waals surface area (Å²) in [5.74, 6) is 0. The normalized spacial score (nSPS) is 13.8. The Labute approximate surface area is 105 Å². The third-order valence-electron chi connectivity index (χ3n) is 2.68. The fourth-order valence-electron chi connectivity index (χ4n) is 1.59. The maximum Gasteiger partial charge on any atom is 0.292 e. The smallest absolute Gasteiger partial charge is 0.292 e. The standard InChI is InChI=1S/C12H26O4S/c1-3-5-7-8-9-10-12(17(13,14)15)16-11-6-4-2/h12H,3-11H2,1-2H3,(H,13,14,15). The quantitative estimate of drug-likeness (QED) is 0.460. The molecular formula is C12H26O4S. The van der Waals surface area contributed by atoms with Crippen LogP contribution in [0.1, 0.15) is 65.2 Å². The lowest BCUT2D eigenvalue weighted by molar-refractivity contribution is 0.0891. The Kier molecular flexibility index (Phi) is 9.78. The van der Waals surface area contributed by atoms with E-state index in [1.807, 2.05) is 6.92 Å². The van der Waals surface area contributed by atoms with Gasteiger partial charge in [-0.15, -0.1) is 0 Å². The van der Waals surface area contributed by atoms with Gasteiger partial charge in [0.05, 0.1) is 0 Å². The van der Waals surface area contributed by atoms with Crippen LogP contribution in [-0.4, -0.2) is 25.0 Å². The largest absolute Gasteiger partial charge is 0.360 e. The van der Waals surface area contributed by atoms with E-state index < -0.39 is 15.6 Å². The Morgan fingerprint density at radius 3 is 2.12 bits per heavy atom. The fourth-order valence-corrected chi connectivity index (χ4v) is 2.32. The molecule has 0 spiro atoms. The highest BCUT2D eigenvalue weighted by atomic mass is 32.2. The van der Waals surface area contributed by atoms with Crippen molar-refractivity contribution < 1.29 is 17.7 Å². The number of unbranched alkanes of at least 4 members (excludes halogenated alkanes) is 5. The minimum absolute atomic E-state index is 0.395. The average Bonchev–Trinajstić information content (AvgIpc) is 2.25. The zero-order chi connectivity index (χ0) is 13.1. The first-order valence-electron chi connectivity index (χ1n) is 6.60. The van der Waals surface area contributed by atoms with Crippen molar-refractivity contribution in [1.82, 2.24) is 0 Å². The Balaban J connectivity index is 3.87. The predicted octanol–water partition coefficient (Wildman–Crippen LogP) is 3.38. The van der Waals surface area contributed by atoms with Crippen molar-refractivity contribution in [1.29, 1.82) is 0 Å². The van der Waals surface area contributed by atoms with Crippen LogP contribution >= 0.6 is 0 Å². The second-order valence-corrected chi connectivity index (χ2v) is 5.93. The summed E-state index contributed by atoms with van der Waals surface area (Å²) in [5, 5.41) is 0. The molecule has 0 aliphatic carbocycles. The topological polar surface area (TPSA) is 63.6 Å². The van der Waals surface area contributed by atoms with E-state index in [1.165, 1.54) is 6.42 Å². The number of ether oxygens (including phenoxy) is 1. The number of rotatable bonds is 11. The predicted molar refractivity (Wildman–Crippen MR) is 69.6 cm³/mol. The van der Waals surface area contributed by atoms with Crippen molar-refractivity contribution in [3.63, 3.8) is 0 Å². The average molecular weight is 266 g/mol. The van der Waals surface area contributed by atoms with Gasteiger partial charge in [0, 0.05) is 6.61 Å². The van der Waals surface area contributed by atoms with Crippen molar-refractivity contribution in [2.24, 2.45) is 0 Å². The van der Waals surface area contributed by atoms with Crippen LogP contribution in [0, 0.1) is 0 Å². The van der Waals surface area contributed by atoms with Crippen molar-refractivity contribution in [2.75, 3.05) is 6.61 Å². The molecule has 1 N–H and O–H groups in total. The molecule has 5 heteroatoms. The Bertz CT molecular complexity index is 262. The third-order valence-corrected chi connectivity index (χ3v) is 3.71. The van der Waals surface area contributed by atoms with Crippen LogP contribution in [0.25, 0.3) is 0 Å². The van der Waals surface area contributed by atoms with E-state index in [0.29, 0.717) is 13.0 Å². The molecule has 4 nitrogen and oxygen atoms in total. The summed E-state index contributed by atoms with van der Waals surface area (Å²) in [4.78, 5) is 0. The molecule has 0 bridgehead atoms. The van der Waals surface area contributed by atoms with E-state index in [0.717, 1.165) is 38.5 Å². The molecule has 0 saturated heterocycles. The summed E-state index contributed by atoms with van der Waals surface area (Å²) in [6.45, 7) is 4.54. The van der Waals surface area contributed by atoms with Crippen LogP contribution in [0.3, 0.4) is 0 Å². The molecule has 0 fully saturated rings. The van der Waals surface area contributed by atoms with Crippen LogP contribution in [0.4, 0.5) is 0 Å². The first-order chi connectivity index (χ1) is 8.02. The molecule has 0 amide bonds. The Morgan fingerprint density at radius 1 is 1.00 bits per heavy atom. The summed E-state index contributed by atoms with van der Waals surface area (Å²) in [7, 11) is -4.06. The van der Waals surface area contributed by atoms with Crippen molar-refractivity contribution in [3.8, 4) is 0 Å². The van der Waals surface area contributed by atoms with Gasteiger partial charge < -0.3 is 4.74 Å². The molecule has 0 aliphatic heterocycles. The summed E-state index contributed by atoms with van der Waals surface area (Å²) in [6, 6.07) is 0. The van der Waals surface area contributed by atoms with Crippen LogP contribution in [0.5, 0.6) is 0 Å². The molecule has 17 heavy (non-hydrogen) atoms. The van der Waals surface area contributed by atoms with Gasteiger partial charge >= 0.3 is 0 Å². The third kappa shape index (κ3) is 9.56. The van der Waals surface area contributed by atoms with E-state index in [4.69, 9.17) is 9.29 Å². The molecule has 0 rings (SSSR count). The zero-order valence-electron chi connectivity index (χ0n) is 11.0. The molecule has 0 heterocycles. The second kappa shape index (κ2) is 9.85. The van der Waals surface area contributed by atoms with Crippen LogP contribution in [0.15, 0.2) is 0 Å². The maximum absolute atomic E-state index is 11.1. The van der Waals surface area contributed by atoms with Gasteiger partial charge in [-0.25, -0.2) is 0 Å². The lowest BCUT2D eigenvalue weighted by atomic mass is 10.1. The molecule has 1 atom stereocenters. The highest BCUT2D eigenvalue weighted by molar-refractivity contribution is 7.86. The summed E-state index contributed by atoms with van der Waals surface area (Å²) >= 11 is 0. The highest BCUT2D eigenvalue weighted by Crippen LogP contribution is 2.13. The molecule has 0 aromatic heterocycles. The van der Waals surface area contributed by atoms with E-state index in [2.05, 4.69) is 6.92 Å². The van der Waals surface area contributed by atoms with E-state index >= 15 is 0 Å². The summed E-state index contributed by atoms with van der Waals surface area (Å²) < 4.78 is 36.4. The van der Waals surface area contributed by atoms with Crippen molar-refractivity contribution in [3.05, 3.63) is 0 Å². The zero-order valence-corrected chi connectivity index (χ0v) is 11.8. The van der Waals surface area contributed by atoms with E-state index in [1.54, 1.807) is 0 Å². The molecule has 0 aromatic rings. The van der Waals surface area contributed by atoms with Gasteiger partial charge in [0.1, 0.15) is 0 Å². The van der Waals surface area contributed by atoms with E-state index in [-0.39, 0.29) is 0 Å². The van der Waals surface area contributed by atoms with Crippen molar-refractivity contribution >= 4 is 10.1 Å². The lowest BCUT2D eigenvalue weighted by Crippen LogP contribution is -2.24. The van der Waals surface area contributed by atoms with Crippen LogP contribution < -0.4 is 0 Å². The Morgan fingerprint density at radius 2 is 1.59 bits per heavy atom. The molecule has 1 unspecified atom stereocenters. The van der Waals surface area contributed by atoms with Gasteiger partial charge in [-0.1, -0.05) is 46.0 Å². The minimum Gasteiger partial charge on any atom is -0.360 e. The summed E-state index contributed by atoms with van der Waals surface area (Å²) in [5.41, 5.74) is -1.03. The SMILES string of the molecule is CCCCCCCC(OCCCC)S(=O)(=O)O. The molecular weight excluding hydrogens is 240 g/mol. The molecule has 0 aliphatic rings. The lowest BCUT2D eigenvalue weighted by Gasteiger charge is -2.14. The van der Waals surface area contributed by atoms with Gasteiger partial charge in [-0.3, -0.25) is 4.55 Å². The first-order valence-corrected chi connectivity index (χ1v) is 8.10. The fraction of sp³-hybridized carbons (Fsp3) is 1.00. The molecule has 0 aromatic carbocycles. The van der Waals surface area contributed by atoms with Crippen molar-refractivity contribution in [2.45, 2.75) is 70.7 Å². The van der Waals surface area contributed by atoms with Gasteiger partial charge in [0.15, 0.2) is 5.44 Å². The monoisotopic (exact) mass is 266 g/mol. The number of hydrogen-bond acceptors (Lipinski definition) is 3.